The Balaban J connectivity index is 2.21. The molecule has 1 saturated carbocycles. The third kappa shape index (κ3) is 2.45. The van der Waals surface area contributed by atoms with Crippen LogP contribution in [0.5, 0.6) is 0 Å². The lowest BCUT2D eigenvalue weighted by Crippen LogP contribution is -2.36. The molecular weight excluding hydrogens is 220 g/mol. The van der Waals surface area contributed by atoms with Crippen LogP contribution in [0, 0.1) is 12.3 Å². The lowest BCUT2D eigenvalue weighted by molar-refractivity contribution is -0.151. The Morgan fingerprint density at radius 2 is 2.00 bits per heavy atom. The molecule has 1 heterocycles. The third-order valence-electron chi connectivity index (χ3n) is 3.68. The molecule has 0 aliphatic heterocycles. The summed E-state index contributed by atoms with van der Waals surface area (Å²) in [6.07, 6.45) is 5.66. The van der Waals surface area contributed by atoms with Crippen molar-refractivity contribution in [3.63, 3.8) is 0 Å². The number of carboxylic acids is 1. The number of aliphatic carboxylic acids is 1. The molecule has 6 nitrogen and oxygen atoms in total. The van der Waals surface area contributed by atoms with Gasteiger partial charge in [0.1, 0.15) is 5.82 Å². The van der Waals surface area contributed by atoms with Crippen molar-refractivity contribution >= 4 is 5.97 Å². The fraction of sp³-hybridized carbons (Fsp3) is 0.818. The van der Waals surface area contributed by atoms with Crippen LogP contribution in [0.25, 0.3) is 0 Å². The summed E-state index contributed by atoms with van der Waals surface area (Å²) in [4.78, 5) is 11.6. The molecule has 0 aromatic carbocycles. The van der Waals surface area contributed by atoms with E-state index in [1.54, 1.807) is 11.6 Å². The van der Waals surface area contributed by atoms with Crippen LogP contribution in [0.2, 0.25) is 0 Å². The lowest BCUT2D eigenvalue weighted by atomic mass is 9.80. The number of nitrogens with zero attached hydrogens (tertiary/aromatic N) is 4. The average molecular weight is 238 g/mol. The fourth-order valence-electron chi connectivity index (χ4n) is 2.53. The molecule has 2 rings (SSSR count). The van der Waals surface area contributed by atoms with Crippen molar-refractivity contribution in [2.75, 3.05) is 0 Å². The Bertz CT molecular complexity index is 394. The highest BCUT2D eigenvalue weighted by molar-refractivity contribution is 5.74. The lowest BCUT2D eigenvalue weighted by Gasteiger charge is -2.27. The molecule has 1 aromatic heterocycles. The minimum atomic E-state index is -0.714. The van der Waals surface area contributed by atoms with E-state index in [0.29, 0.717) is 12.4 Å². The quantitative estimate of drug-likeness (QED) is 0.805. The van der Waals surface area contributed by atoms with Crippen molar-refractivity contribution in [3.8, 4) is 0 Å². The van der Waals surface area contributed by atoms with Crippen molar-refractivity contribution in [2.24, 2.45) is 5.41 Å². The van der Waals surface area contributed by atoms with E-state index in [0.717, 1.165) is 38.5 Å². The van der Waals surface area contributed by atoms with E-state index >= 15 is 0 Å². The van der Waals surface area contributed by atoms with E-state index < -0.39 is 11.4 Å². The predicted molar refractivity (Wildman–Crippen MR) is 60.3 cm³/mol. The maximum absolute atomic E-state index is 11.6. The summed E-state index contributed by atoms with van der Waals surface area (Å²) in [7, 11) is 0. The van der Waals surface area contributed by atoms with Gasteiger partial charge in [-0.1, -0.05) is 25.7 Å². The Kier molecular flexibility index (Phi) is 3.40. The molecule has 1 N–H and O–H groups in total. The topological polar surface area (TPSA) is 80.9 Å². The Morgan fingerprint density at radius 1 is 1.35 bits per heavy atom. The van der Waals surface area contributed by atoms with E-state index in [1.807, 2.05) is 0 Å². The van der Waals surface area contributed by atoms with E-state index in [4.69, 9.17) is 0 Å². The minimum absolute atomic E-state index is 0.390. The van der Waals surface area contributed by atoms with Gasteiger partial charge in [0.2, 0.25) is 0 Å². The summed E-state index contributed by atoms with van der Waals surface area (Å²) < 4.78 is 1.61. The first kappa shape index (κ1) is 12.0. The molecule has 1 aromatic rings. The summed E-state index contributed by atoms with van der Waals surface area (Å²) in [5.41, 5.74) is -0.684. The Labute approximate surface area is 100 Å². The number of tetrazole rings is 1. The molecule has 1 aliphatic carbocycles. The van der Waals surface area contributed by atoms with Gasteiger partial charge < -0.3 is 5.11 Å². The minimum Gasteiger partial charge on any atom is -0.481 e. The zero-order valence-electron chi connectivity index (χ0n) is 10.1. The van der Waals surface area contributed by atoms with E-state index in [1.165, 1.54) is 0 Å². The number of hydrogen-bond acceptors (Lipinski definition) is 4. The summed E-state index contributed by atoms with van der Waals surface area (Å²) in [5.74, 6) is -0.0378. The van der Waals surface area contributed by atoms with Crippen LogP contribution in [-0.4, -0.2) is 31.3 Å². The van der Waals surface area contributed by atoms with Crippen molar-refractivity contribution in [3.05, 3.63) is 5.82 Å². The summed E-state index contributed by atoms with van der Waals surface area (Å²) in [5, 5.41) is 20.8. The van der Waals surface area contributed by atoms with Gasteiger partial charge in [-0.2, -0.15) is 0 Å². The normalized spacial score (nSPS) is 19.8. The monoisotopic (exact) mass is 238 g/mol. The van der Waals surface area contributed by atoms with Gasteiger partial charge in [0.05, 0.1) is 12.0 Å². The van der Waals surface area contributed by atoms with E-state index in [9.17, 15) is 9.90 Å². The number of aromatic nitrogens is 4. The van der Waals surface area contributed by atoms with Crippen LogP contribution in [0.3, 0.4) is 0 Å². The molecule has 17 heavy (non-hydrogen) atoms. The Morgan fingerprint density at radius 3 is 2.47 bits per heavy atom. The largest absolute Gasteiger partial charge is 0.481 e. The van der Waals surface area contributed by atoms with E-state index in [2.05, 4.69) is 15.5 Å². The van der Waals surface area contributed by atoms with Crippen molar-refractivity contribution < 1.29 is 9.90 Å². The first-order valence-electron chi connectivity index (χ1n) is 6.10. The molecule has 0 bridgehead atoms. The van der Waals surface area contributed by atoms with Gasteiger partial charge in [-0.15, -0.1) is 5.10 Å². The average Bonchev–Trinajstić information content (AvgIpc) is 2.54. The smallest absolute Gasteiger partial charge is 0.311 e. The molecule has 0 amide bonds. The van der Waals surface area contributed by atoms with Gasteiger partial charge in [-0.05, 0) is 30.2 Å². The summed E-state index contributed by atoms with van der Waals surface area (Å²) in [6, 6.07) is 0. The van der Waals surface area contributed by atoms with E-state index in [-0.39, 0.29) is 0 Å². The molecular formula is C11H18N4O2. The molecule has 0 radical (unpaired) electrons. The standard InChI is InChI=1S/C11H18N4O2/c1-9-12-13-14-15(9)8-11(10(16)17)6-4-2-3-5-7-11/h2-8H2,1H3,(H,16,17). The molecule has 0 spiro atoms. The van der Waals surface area contributed by atoms with Gasteiger partial charge in [0.25, 0.3) is 0 Å². The van der Waals surface area contributed by atoms with Crippen LogP contribution in [0.4, 0.5) is 0 Å². The zero-order valence-corrected chi connectivity index (χ0v) is 10.1. The second-order valence-corrected chi connectivity index (χ2v) is 4.88. The van der Waals surface area contributed by atoms with Crippen LogP contribution < -0.4 is 0 Å². The molecule has 1 fully saturated rings. The van der Waals surface area contributed by atoms with Gasteiger partial charge >= 0.3 is 5.97 Å². The summed E-state index contributed by atoms with van der Waals surface area (Å²) >= 11 is 0. The molecule has 6 heteroatoms. The van der Waals surface area contributed by atoms with Crippen LogP contribution in [-0.2, 0) is 11.3 Å². The number of hydrogen-bond donors (Lipinski definition) is 1. The molecule has 94 valence electrons. The molecule has 1 aliphatic rings. The van der Waals surface area contributed by atoms with Gasteiger partial charge in [0, 0.05) is 0 Å². The molecule has 0 unspecified atom stereocenters. The second kappa shape index (κ2) is 4.81. The number of carbonyl (C=O) groups is 1. The maximum atomic E-state index is 11.6. The summed E-state index contributed by atoms with van der Waals surface area (Å²) in [6.45, 7) is 2.19. The highest BCUT2D eigenvalue weighted by Crippen LogP contribution is 2.36. The predicted octanol–water partition coefficient (Wildman–Crippen LogP) is 1.41. The number of aryl methyl sites for hydroxylation is 1. The van der Waals surface area contributed by atoms with Crippen molar-refractivity contribution in [1.82, 2.24) is 20.2 Å². The Hall–Kier alpha value is -1.46. The molecule has 0 atom stereocenters. The SMILES string of the molecule is Cc1nnnn1CC1(C(=O)O)CCCCCC1. The molecule has 0 saturated heterocycles. The van der Waals surface area contributed by atoms with Crippen LogP contribution >= 0.6 is 0 Å². The maximum Gasteiger partial charge on any atom is 0.311 e. The second-order valence-electron chi connectivity index (χ2n) is 4.88. The highest BCUT2D eigenvalue weighted by Gasteiger charge is 2.39. The first-order chi connectivity index (χ1) is 8.14. The zero-order chi connectivity index (χ0) is 12.3. The highest BCUT2D eigenvalue weighted by atomic mass is 16.4. The first-order valence-corrected chi connectivity index (χ1v) is 6.10. The van der Waals surface area contributed by atoms with Crippen molar-refractivity contribution in [1.29, 1.82) is 0 Å². The van der Waals surface area contributed by atoms with Gasteiger partial charge in [-0.3, -0.25) is 4.79 Å². The number of carboxylic acid groups (broad SMARTS) is 1. The van der Waals surface area contributed by atoms with Crippen molar-refractivity contribution in [2.45, 2.75) is 52.0 Å². The van der Waals surface area contributed by atoms with Crippen LogP contribution in [0.1, 0.15) is 44.3 Å². The van der Waals surface area contributed by atoms with Gasteiger partial charge in [-0.25, -0.2) is 4.68 Å². The number of rotatable bonds is 3. The van der Waals surface area contributed by atoms with Gasteiger partial charge in [0.15, 0.2) is 0 Å². The van der Waals surface area contributed by atoms with Crippen LogP contribution in [0.15, 0.2) is 0 Å². The fourth-order valence-corrected chi connectivity index (χ4v) is 2.53. The third-order valence-corrected chi connectivity index (χ3v) is 3.68.